The van der Waals surface area contributed by atoms with Crippen molar-refractivity contribution in [1.82, 2.24) is 0 Å². The van der Waals surface area contributed by atoms with Crippen molar-refractivity contribution >= 4 is 6.29 Å². The molecular formula is C10H16O. The van der Waals surface area contributed by atoms with E-state index in [1.807, 2.05) is 6.08 Å². The highest BCUT2D eigenvalue weighted by Gasteiger charge is 2.35. The predicted molar refractivity (Wildman–Crippen MR) is 46.3 cm³/mol. The number of hydrogen-bond donors (Lipinski definition) is 0. The van der Waals surface area contributed by atoms with Gasteiger partial charge in [0.2, 0.25) is 0 Å². The van der Waals surface area contributed by atoms with Crippen molar-refractivity contribution in [3.8, 4) is 0 Å². The second-order valence-corrected chi connectivity index (χ2v) is 3.82. The van der Waals surface area contributed by atoms with E-state index in [-0.39, 0.29) is 5.41 Å². The van der Waals surface area contributed by atoms with E-state index >= 15 is 0 Å². The molecular weight excluding hydrogens is 136 g/mol. The number of aldehydes is 1. The van der Waals surface area contributed by atoms with Gasteiger partial charge in [0.1, 0.15) is 6.29 Å². The maximum absolute atomic E-state index is 10.8. The molecule has 62 valence electrons. The Balaban J connectivity index is 2.61. The molecule has 0 radical (unpaired) electrons. The fourth-order valence-corrected chi connectivity index (χ4v) is 2.06. The van der Waals surface area contributed by atoms with Crippen molar-refractivity contribution in [2.45, 2.75) is 32.6 Å². The summed E-state index contributed by atoms with van der Waals surface area (Å²) in [6.45, 7) is 5.90. The Morgan fingerprint density at radius 1 is 1.73 bits per heavy atom. The Labute approximate surface area is 68.5 Å². The molecule has 0 aromatic heterocycles. The average molecular weight is 152 g/mol. The van der Waals surface area contributed by atoms with Gasteiger partial charge in [0.25, 0.3) is 0 Å². The minimum atomic E-state index is -0.0405. The van der Waals surface area contributed by atoms with E-state index in [1.54, 1.807) is 0 Å². The summed E-state index contributed by atoms with van der Waals surface area (Å²) >= 11 is 0. The molecule has 1 heteroatoms. The van der Waals surface area contributed by atoms with Crippen LogP contribution in [0.15, 0.2) is 12.7 Å². The molecule has 1 nitrogen and oxygen atoms in total. The second-order valence-electron chi connectivity index (χ2n) is 3.82. The van der Waals surface area contributed by atoms with Crippen LogP contribution < -0.4 is 0 Å². The van der Waals surface area contributed by atoms with E-state index in [0.29, 0.717) is 0 Å². The second kappa shape index (κ2) is 3.21. The first-order valence-electron chi connectivity index (χ1n) is 4.30. The predicted octanol–water partition coefficient (Wildman–Crippen LogP) is 2.57. The van der Waals surface area contributed by atoms with Gasteiger partial charge < -0.3 is 4.79 Å². The Morgan fingerprint density at radius 3 is 2.82 bits per heavy atom. The lowest BCUT2D eigenvalue weighted by molar-refractivity contribution is -0.115. The Morgan fingerprint density at radius 2 is 2.45 bits per heavy atom. The molecule has 0 spiro atoms. The zero-order valence-corrected chi connectivity index (χ0v) is 7.18. The normalized spacial score (nSPS) is 37.0. The molecule has 1 aliphatic carbocycles. The Bertz CT molecular complexity index is 162. The zero-order valence-electron chi connectivity index (χ0n) is 7.18. The summed E-state index contributed by atoms with van der Waals surface area (Å²) in [6.07, 6.45) is 7.18. The summed E-state index contributed by atoms with van der Waals surface area (Å²) in [5.41, 5.74) is -0.0405. The molecule has 1 aliphatic rings. The van der Waals surface area contributed by atoms with Crippen LogP contribution in [0.25, 0.3) is 0 Å². The smallest absolute Gasteiger partial charge is 0.126 e. The summed E-state index contributed by atoms with van der Waals surface area (Å²) < 4.78 is 0. The first-order chi connectivity index (χ1) is 5.22. The van der Waals surface area contributed by atoms with Crippen molar-refractivity contribution in [2.75, 3.05) is 0 Å². The van der Waals surface area contributed by atoms with Gasteiger partial charge in [-0.15, -0.1) is 6.58 Å². The molecule has 2 unspecified atom stereocenters. The monoisotopic (exact) mass is 152 g/mol. The van der Waals surface area contributed by atoms with Crippen LogP contribution in [0.5, 0.6) is 0 Å². The topological polar surface area (TPSA) is 17.1 Å². The lowest BCUT2D eigenvalue weighted by Crippen LogP contribution is -2.17. The third-order valence-electron chi connectivity index (χ3n) is 2.69. The highest BCUT2D eigenvalue weighted by atomic mass is 16.1. The van der Waals surface area contributed by atoms with Gasteiger partial charge in [-0.25, -0.2) is 0 Å². The first-order valence-corrected chi connectivity index (χ1v) is 4.30. The van der Waals surface area contributed by atoms with Crippen molar-refractivity contribution in [1.29, 1.82) is 0 Å². The van der Waals surface area contributed by atoms with E-state index in [9.17, 15) is 4.79 Å². The lowest BCUT2D eigenvalue weighted by atomic mass is 9.84. The third kappa shape index (κ3) is 1.70. The van der Waals surface area contributed by atoms with Gasteiger partial charge in [-0.05, 0) is 31.6 Å². The van der Waals surface area contributed by atoms with E-state index < -0.39 is 0 Å². The molecule has 0 aromatic rings. The highest BCUT2D eigenvalue weighted by Crippen LogP contribution is 2.42. The summed E-state index contributed by atoms with van der Waals surface area (Å²) in [4.78, 5) is 10.8. The largest absolute Gasteiger partial charge is 0.303 e. The fourth-order valence-electron chi connectivity index (χ4n) is 2.06. The van der Waals surface area contributed by atoms with E-state index in [0.717, 1.165) is 31.5 Å². The maximum Gasteiger partial charge on any atom is 0.126 e. The van der Waals surface area contributed by atoms with Crippen molar-refractivity contribution < 1.29 is 4.79 Å². The average Bonchev–Trinajstić information content (AvgIpc) is 2.34. The molecule has 0 bridgehead atoms. The molecule has 2 atom stereocenters. The van der Waals surface area contributed by atoms with Crippen molar-refractivity contribution in [3.05, 3.63) is 12.7 Å². The minimum Gasteiger partial charge on any atom is -0.303 e. The first kappa shape index (κ1) is 8.51. The third-order valence-corrected chi connectivity index (χ3v) is 2.69. The highest BCUT2D eigenvalue weighted by molar-refractivity contribution is 5.60. The fraction of sp³-hybridized carbons (Fsp3) is 0.700. The molecule has 0 heterocycles. The van der Waals surface area contributed by atoms with Gasteiger partial charge >= 0.3 is 0 Å². The van der Waals surface area contributed by atoms with Gasteiger partial charge in [-0.2, -0.15) is 0 Å². The number of hydrogen-bond acceptors (Lipinski definition) is 1. The molecule has 0 N–H and O–H groups in total. The summed E-state index contributed by atoms with van der Waals surface area (Å²) in [5.74, 6) is 0.722. The zero-order chi connectivity index (χ0) is 8.32. The quantitative estimate of drug-likeness (QED) is 0.448. The number of carbonyl (C=O) groups is 1. The molecule has 0 aliphatic heterocycles. The SMILES string of the molecule is C=CCC1(C=O)CCC(C)C1. The molecule has 1 rings (SSSR count). The van der Waals surface area contributed by atoms with Crippen molar-refractivity contribution in [2.24, 2.45) is 11.3 Å². The molecule has 11 heavy (non-hydrogen) atoms. The molecule has 0 amide bonds. The number of rotatable bonds is 3. The van der Waals surface area contributed by atoms with E-state index in [2.05, 4.69) is 13.5 Å². The van der Waals surface area contributed by atoms with Crippen LogP contribution in [0, 0.1) is 11.3 Å². The van der Waals surface area contributed by atoms with Gasteiger partial charge in [-0.1, -0.05) is 13.0 Å². The molecule has 0 saturated heterocycles. The Kier molecular flexibility index (Phi) is 2.48. The van der Waals surface area contributed by atoms with Gasteiger partial charge in [0.15, 0.2) is 0 Å². The Hall–Kier alpha value is -0.590. The molecule has 1 saturated carbocycles. The van der Waals surface area contributed by atoms with Crippen LogP contribution in [0.1, 0.15) is 32.6 Å². The van der Waals surface area contributed by atoms with Crippen LogP contribution in [-0.2, 0) is 4.79 Å². The van der Waals surface area contributed by atoms with Crippen LogP contribution in [0.4, 0.5) is 0 Å². The van der Waals surface area contributed by atoms with Crippen molar-refractivity contribution in [3.63, 3.8) is 0 Å². The summed E-state index contributed by atoms with van der Waals surface area (Å²) in [7, 11) is 0. The van der Waals surface area contributed by atoms with Gasteiger partial charge in [0.05, 0.1) is 0 Å². The molecule has 0 aromatic carbocycles. The van der Waals surface area contributed by atoms with Gasteiger partial charge in [-0.3, -0.25) is 0 Å². The molecule has 1 fully saturated rings. The summed E-state index contributed by atoms with van der Waals surface area (Å²) in [6, 6.07) is 0. The lowest BCUT2D eigenvalue weighted by Gasteiger charge is -2.19. The standard InChI is InChI=1S/C10H16O/c1-3-5-10(8-11)6-4-9(2)7-10/h3,8-9H,1,4-7H2,2H3. The minimum absolute atomic E-state index is 0.0405. The summed E-state index contributed by atoms with van der Waals surface area (Å²) in [5, 5.41) is 0. The van der Waals surface area contributed by atoms with Gasteiger partial charge in [0, 0.05) is 5.41 Å². The van der Waals surface area contributed by atoms with Crippen LogP contribution in [-0.4, -0.2) is 6.29 Å². The van der Waals surface area contributed by atoms with E-state index in [4.69, 9.17) is 0 Å². The van der Waals surface area contributed by atoms with Crippen LogP contribution in [0.3, 0.4) is 0 Å². The number of carbonyl (C=O) groups excluding carboxylic acids is 1. The maximum atomic E-state index is 10.8. The van der Waals surface area contributed by atoms with Crippen LogP contribution in [0.2, 0.25) is 0 Å². The van der Waals surface area contributed by atoms with Crippen LogP contribution >= 0.6 is 0 Å². The van der Waals surface area contributed by atoms with E-state index in [1.165, 1.54) is 6.42 Å². The number of allylic oxidation sites excluding steroid dienone is 1.